The summed E-state index contributed by atoms with van der Waals surface area (Å²) in [5.41, 5.74) is 0.521. The molecular weight excluding hydrogens is 344 g/mol. The second kappa shape index (κ2) is 6.13. The Hall–Kier alpha value is -1.80. The van der Waals surface area contributed by atoms with Crippen molar-refractivity contribution in [3.8, 4) is 0 Å². The van der Waals surface area contributed by atoms with Gasteiger partial charge >= 0.3 is 13.3 Å². The lowest BCUT2D eigenvalue weighted by Crippen LogP contribution is -2.41. The maximum absolute atomic E-state index is 12.9. The van der Waals surface area contributed by atoms with Crippen LogP contribution >= 0.6 is 0 Å². The second-order valence-electron chi connectivity index (χ2n) is 7.70. The maximum Gasteiger partial charge on any atom is 0.498 e. The first-order chi connectivity index (χ1) is 11.9. The molecule has 0 unspecified atom stereocenters. The van der Waals surface area contributed by atoms with Crippen molar-refractivity contribution in [3.63, 3.8) is 0 Å². The summed E-state index contributed by atoms with van der Waals surface area (Å²) in [6.07, 6.45) is -0.979. The molecule has 4 nitrogen and oxygen atoms in total. The van der Waals surface area contributed by atoms with Crippen LogP contribution in [-0.2, 0) is 22.0 Å². The van der Waals surface area contributed by atoms with Crippen molar-refractivity contribution in [1.82, 2.24) is 9.78 Å². The van der Waals surface area contributed by atoms with E-state index >= 15 is 0 Å². The van der Waals surface area contributed by atoms with E-state index in [9.17, 15) is 13.2 Å². The number of aryl methyl sites for hydroxylation is 1. The average Bonchev–Trinajstić information content (AvgIpc) is 3.03. The molecule has 0 bridgehead atoms. The van der Waals surface area contributed by atoms with Gasteiger partial charge in [-0.2, -0.15) is 18.3 Å². The van der Waals surface area contributed by atoms with Gasteiger partial charge in [0, 0.05) is 17.9 Å². The van der Waals surface area contributed by atoms with Crippen molar-refractivity contribution in [3.05, 3.63) is 47.3 Å². The van der Waals surface area contributed by atoms with Crippen LogP contribution in [-0.4, -0.2) is 28.1 Å². The highest BCUT2D eigenvalue weighted by Gasteiger charge is 2.52. The molecule has 0 amide bonds. The molecule has 2 heterocycles. The van der Waals surface area contributed by atoms with Gasteiger partial charge in [0.2, 0.25) is 0 Å². The molecule has 1 aliphatic rings. The molecule has 0 saturated carbocycles. The summed E-state index contributed by atoms with van der Waals surface area (Å²) < 4.78 is 52.4. The van der Waals surface area contributed by atoms with Gasteiger partial charge in [-0.05, 0) is 57.9 Å². The normalized spacial score (nSPS) is 19.2. The quantitative estimate of drug-likeness (QED) is 0.780. The summed E-state index contributed by atoms with van der Waals surface area (Å²) in [6.45, 7) is 9.88. The molecule has 0 aliphatic carbocycles. The van der Waals surface area contributed by atoms with Gasteiger partial charge in [0.15, 0.2) is 0 Å². The zero-order chi connectivity index (χ0) is 19.3. The highest BCUT2D eigenvalue weighted by atomic mass is 19.4. The van der Waals surface area contributed by atoms with Crippen LogP contribution < -0.4 is 5.46 Å². The molecule has 1 saturated heterocycles. The zero-order valence-electron chi connectivity index (χ0n) is 15.5. The highest BCUT2D eigenvalue weighted by Crippen LogP contribution is 2.36. The summed E-state index contributed by atoms with van der Waals surface area (Å²) in [6, 6.07) is 3.75. The van der Waals surface area contributed by atoms with Crippen LogP contribution in [0.4, 0.5) is 13.2 Å². The minimum absolute atomic E-state index is 0.245. The molecule has 2 aromatic rings. The fourth-order valence-electron chi connectivity index (χ4n) is 2.76. The largest absolute Gasteiger partial charge is 0.498 e. The predicted octanol–water partition coefficient (Wildman–Crippen LogP) is 3.56. The molecule has 1 aromatic heterocycles. The molecule has 26 heavy (non-hydrogen) atoms. The van der Waals surface area contributed by atoms with E-state index < -0.39 is 30.1 Å². The maximum atomic E-state index is 12.9. The number of alkyl halides is 3. The Kier molecular flexibility index (Phi) is 4.47. The molecule has 0 radical (unpaired) electrons. The first-order valence-corrected chi connectivity index (χ1v) is 8.44. The Morgan fingerprint density at radius 3 is 2.31 bits per heavy atom. The van der Waals surface area contributed by atoms with E-state index in [0.717, 1.165) is 17.1 Å². The van der Waals surface area contributed by atoms with Gasteiger partial charge in [-0.15, -0.1) is 0 Å². The third kappa shape index (κ3) is 3.53. The Labute approximate surface area is 151 Å². The standard InChI is InChI=1S/C18H22BF3N2O2/c1-12-6-7-14(18(20,21)22)8-13(12)10-24-11-15(9-23-24)19-25-16(2,3)17(4,5)26-19/h6-9,11H,10H2,1-5H3. The van der Waals surface area contributed by atoms with E-state index in [2.05, 4.69) is 5.10 Å². The van der Waals surface area contributed by atoms with Gasteiger partial charge in [-0.25, -0.2) is 0 Å². The summed E-state index contributed by atoms with van der Waals surface area (Å²) >= 11 is 0. The topological polar surface area (TPSA) is 36.3 Å². The van der Waals surface area contributed by atoms with Crippen molar-refractivity contribution in [2.75, 3.05) is 0 Å². The van der Waals surface area contributed by atoms with Gasteiger partial charge in [0.25, 0.3) is 0 Å². The third-order valence-corrected chi connectivity index (χ3v) is 5.19. The van der Waals surface area contributed by atoms with E-state index in [1.807, 2.05) is 27.7 Å². The Balaban J connectivity index is 1.80. The lowest BCUT2D eigenvalue weighted by atomic mass is 9.82. The highest BCUT2D eigenvalue weighted by molar-refractivity contribution is 6.61. The monoisotopic (exact) mass is 366 g/mol. The number of hydrogen-bond acceptors (Lipinski definition) is 3. The molecule has 1 aliphatic heterocycles. The SMILES string of the molecule is Cc1ccc(C(F)(F)F)cc1Cn1cc(B2OC(C)(C)C(C)(C)O2)cn1. The van der Waals surface area contributed by atoms with Gasteiger partial charge in [-0.3, -0.25) is 4.68 Å². The van der Waals surface area contributed by atoms with Gasteiger partial charge in [0.1, 0.15) is 0 Å². The van der Waals surface area contributed by atoms with Crippen LogP contribution in [0.15, 0.2) is 30.6 Å². The molecule has 140 valence electrons. The van der Waals surface area contributed by atoms with Crippen LogP contribution in [0.2, 0.25) is 0 Å². The lowest BCUT2D eigenvalue weighted by molar-refractivity contribution is -0.137. The van der Waals surface area contributed by atoms with Crippen molar-refractivity contribution in [2.45, 2.75) is 58.5 Å². The van der Waals surface area contributed by atoms with Crippen LogP contribution in [0, 0.1) is 6.92 Å². The smallest absolute Gasteiger partial charge is 0.399 e. The molecular formula is C18H22BF3N2O2. The van der Waals surface area contributed by atoms with Crippen molar-refractivity contribution < 1.29 is 22.5 Å². The number of hydrogen-bond donors (Lipinski definition) is 0. The molecule has 0 spiro atoms. The van der Waals surface area contributed by atoms with E-state index in [4.69, 9.17) is 9.31 Å². The fourth-order valence-corrected chi connectivity index (χ4v) is 2.76. The molecule has 0 atom stereocenters. The van der Waals surface area contributed by atoms with E-state index in [-0.39, 0.29) is 6.54 Å². The van der Waals surface area contributed by atoms with Crippen LogP contribution in [0.1, 0.15) is 44.4 Å². The predicted molar refractivity (Wildman–Crippen MR) is 93.2 cm³/mol. The minimum atomic E-state index is -4.36. The number of benzene rings is 1. The average molecular weight is 366 g/mol. The number of rotatable bonds is 3. The molecule has 8 heteroatoms. The molecule has 1 fully saturated rings. The Morgan fingerprint density at radius 1 is 1.12 bits per heavy atom. The van der Waals surface area contributed by atoms with Crippen LogP contribution in [0.25, 0.3) is 0 Å². The van der Waals surface area contributed by atoms with Crippen molar-refractivity contribution in [2.24, 2.45) is 0 Å². The minimum Gasteiger partial charge on any atom is -0.399 e. The van der Waals surface area contributed by atoms with Crippen LogP contribution in [0.5, 0.6) is 0 Å². The first kappa shape index (κ1) is 19.0. The van der Waals surface area contributed by atoms with Crippen molar-refractivity contribution >= 4 is 12.6 Å². The summed E-state index contributed by atoms with van der Waals surface area (Å²) in [4.78, 5) is 0. The Bertz CT molecular complexity index is 799. The molecule has 0 N–H and O–H groups in total. The van der Waals surface area contributed by atoms with E-state index in [0.29, 0.717) is 5.56 Å². The number of aromatic nitrogens is 2. The Morgan fingerprint density at radius 2 is 1.73 bits per heavy atom. The van der Waals surface area contributed by atoms with E-state index in [1.54, 1.807) is 24.0 Å². The van der Waals surface area contributed by atoms with Crippen molar-refractivity contribution in [1.29, 1.82) is 0 Å². The summed E-state index contributed by atoms with van der Waals surface area (Å²) in [5, 5.41) is 4.26. The zero-order valence-corrected chi connectivity index (χ0v) is 15.5. The summed E-state index contributed by atoms with van der Waals surface area (Å²) in [5.74, 6) is 0. The fraction of sp³-hybridized carbons (Fsp3) is 0.500. The molecule has 1 aromatic carbocycles. The number of nitrogens with zero attached hydrogens (tertiary/aromatic N) is 2. The third-order valence-electron chi connectivity index (χ3n) is 5.19. The van der Waals surface area contributed by atoms with Gasteiger partial charge in [0.05, 0.1) is 23.3 Å². The van der Waals surface area contributed by atoms with Crippen LogP contribution in [0.3, 0.4) is 0 Å². The molecule has 3 rings (SSSR count). The van der Waals surface area contributed by atoms with Gasteiger partial charge < -0.3 is 9.31 Å². The number of halogens is 3. The second-order valence-corrected chi connectivity index (χ2v) is 7.70. The summed E-state index contributed by atoms with van der Waals surface area (Å²) in [7, 11) is -0.545. The van der Waals surface area contributed by atoms with Gasteiger partial charge in [-0.1, -0.05) is 6.07 Å². The van der Waals surface area contributed by atoms with E-state index in [1.165, 1.54) is 12.1 Å². The first-order valence-electron chi connectivity index (χ1n) is 8.44. The lowest BCUT2D eigenvalue weighted by Gasteiger charge is -2.32.